The molecule has 0 aliphatic heterocycles. The Morgan fingerprint density at radius 2 is 2.15 bits per heavy atom. The van der Waals surface area contributed by atoms with Gasteiger partial charge in [-0.05, 0) is 12.1 Å². The molecule has 0 bridgehead atoms. The molecule has 0 saturated heterocycles. The van der Waals surface area contributed by atoms with Crippen molar-refractivity contribution in [2.75, 3.05) is 0 Å². The number of hydrogen-bond acceptors (Lipinski definition) is 3. The predicted molar refractivity (Wildman–Crippen MR) is 43.0 cm³/mol. The van der Waals surface area contributed by atoms with Gasteiger partial charge in [0.15, 0.2) is 5.15 Å². The first-order valence-electron chi connectivity index (χ1n) is 3.26. The van der Waals surface area contributed by atoms with E-state index < -0.39 is 0 Å². The molecule has 2 rings (SSSR count). The fourth-order valence-electron chi connectivity index (χ4n) is 0.796. The molecule has 0 unspecified atom stereocenters. The summed E-state index contributed by atoms with van der Waals surface area (Å²) < 4.78 is 1.70. The molecule has 2 heterocycles. The van der Waals surface area contributed by atoms with Gasteiger partial charge in [0.25, 0.3) is 0 Å². The molecule has 0 radical (unpaired) electrons. The van der Waals surface area contributed by atoms with Gasteiger partial charge in [-0.1, -0.05) is 24.1 Å². The van der Waals surface area contributed by atoms with Gasteiger partial charge in [0.05, 0.1) is 0 Å². The van der Waals surface area contributed by atoms with Gasteiger partial charge in [0.1, 0.15) is 5.82 Å². The van der Waals surface area contributed by atoms with Crippen LogP contribution in [0.2, 0.25) is 5.15 Å². The third-order valence-electron chi connectivity index (χ3n) is 1.34. The summed E-state index contributed by atoms with van der Waals surface area (Å²) >= 11 is 5.57. The van der Waals surface area contributed by atoms with Crippen molar-refractivity contribution in [1.29, 1.82) is 0 Å². The van der Waals surface area contributed by atoms with Gasteiger partial charge in [-0.25, -0.2) is 0 Å². The SMILES string of the molecule is Clc1ccc(-n2c[c-]nc2)nn1.[Cr]. The molecular weight excluding hydrogens is 228 g/mol. The van der Waals surface area contributed by atoms with E-state index in [2.05, 4.69) is 21.4 Å². The average Bonchev–Trinajstić information content (AvgIpc) is 2.58. The van der Waals surface area contributed by atoms with Crippen LogP contribution in [0.25, 0.3) is 5.82 Å². The van der Waals surface area contributed by atoms with Gasteiger partial charge >= 0.3 is 0 Å². The van der Waals surface area contributed by atoms with Crippen LogP contribution in [-0.4, -0.2) is 19.7 Å². The Kier molecular flexibility index (Phi) is 3.43. The first-order chi connectivity index (χ1) is 5.86. The van der Waals surface area contributed by atoms with Crippen molar-refractivity contribution in [2.24, 2.45) is 0 Å². The standard InChI is InChI=1S/C7H4ClN4.Cr/c8-6-1-2-7(11-10-6)12-4-3-9-5-12;/h1-2,4-5H;/q-1;. The number of aromatic nitrogens is 4. The van der Waals surface area contributed by atoms with Crippen molar-refractivity contribution < 1.29 is 17.4 Å². The third kappa shape index (κ3) is 2.28. The number of nitrogens with zero attached hydrogens (tertiary/aromatic N) is 4. The Bertz CT molecular complexity index is 358. The number of rotatable bonds is 1. The quantitative estimate of drug-likeness (QED) is 0.691. The summed E-state index contributed by atoms with van der Waals surface area (Å²) in [6, 6.07) is 3.43. The van der Waals surface area contributed by atoms with Crippen LogP contribution in [0.3, 0.4) is 0 Å². The molecular formula is C7H4ClCrN4-. The van der Waals surface area contributed by atoms with Crippen LogP contribution in [0, 0.1) is 6.20 Å². The van der Waals surface area contributed by atoms with E-state index >= 15 is 0 Å². The Labute approximate surface area is 90.7 Å². The maximum Gasteiger partial charge on any atom is 0.151 e. The third-order valence-corrected chi connectivity index (χ3v) is 1.54. The molecule has 0 fully saturated rings. The zero-order chi connectivity index (χ0) is 8.39. The van der Waals surface area contributed by atoms with Crippen LogP contribution in [0.4, 0.5) is 0 Å². The van der Waals surface area contributed by atoms with Crippen molar-refractivity contribution in [3.8, 4) is 5.82 Å². The molecule has 0 amide bonds. The van der Waals surface area contributed by atoms with E-state index in [0.717, 1.165) is 0 Å². The van der Waals surface area contributed by atoms with Crippen LogP contribution in [-0.2, 0) is 17.4 Å². The predicted octanol–water partition coefficient (Wildman–Crippen LogP) is 1.11. The summed E-state index contributed by atoms with van der Waals surface area (Å²) in [6.07, 6.45) is 5.91. The summed E-state index contributed by atoms with van der Waals surface area (Å²) in [5.41, 5.74) is 0. The minimum Gasteiger partial charge on any atom is -0.442 e. The van der Waals surface area contributed by atoms with Crippen molar-refractivity contribution in [2.45, 2.75) is 0 Å². The molecule has 2 aromatic heterocycles. The molecule has 66 valence electrons. The average molecular weight is 232 g/mol. The Hall–Kier alpha value is -0.888. The topological polar surface area (TPSA) is 43.6 Å². The van der Waals surface area contributed by atoms with Crippen LogP contribution in [0.5, 0.6) is 0 Å². The Morgan fingerprint density at radius 3 is 2.69 bits per heavy atom. The van der Waals surface area contributed by atoms with Crippen LogP contribution < -0.4 is 0 Å². The largest absolute Gasteiger partial charge is 0.442 e. The van der Waals surface area contributed by atoms with E-state index in [1.807, 2.05) is 0 Å². The summed E-state index contributed by atoms with van der Waals surface area (Å²) in [6.45, 7) is 0. The van der Waals surface area contributed by atoms with Gasteiger partial charge in [-0.2, -0.15) is 0 Å². The maximum atomic E-state index is 5.57. The summed E-state index contributed by atoms with van der Waals surface area (Å²) in [5.74, 6) is 0.674. The summed E-state index contributed by atoms with van der Waals surface area (Å²) in [5, 5.41) is 7.91. The van der Waals surface area contributed by atoms with Gasteiger partial charge in [-0.3, -0.25) is 0 Å². The van der Waals surface area contributed by atoms with Crippen LogP contribution in [0.1, 0.15) is 0 Å². The minimum atomic E-state index is 0. The molecule has 13 heavy (non-hydrogen) atoms. The second-order valence-corrected chi connectivity index (χ2v) is 2.51. The minimum absolute atomic E-state index is 0. The maximum absolute atomic E-state index is 5.57. The van der Waals surface area contributed by atoms with E-state index in [0.29, 0.717) is 11.0 Å². The fraction of sp³-hybridized carbons (Fsp3) is 0. The summed E-state index contributed by atoms with van der Waals surface area (Å²) in [7, 11) is 0. The van der Waals surface area contributed by atoms with Crippen molar-refractivity contribution in [3.05, 3.63) is 36.0 Å². The molecule has 4 nitrogen and oxygen atoms in total. The van der Waals surface area contributed by atoms with Gasteiger partial charge in [0.2, 0.25) is 0 Å². The van der Waals surface area contributed by atoms with E-state index in [-0.39, 0.29) is 17.4 Å². The first kappa shape index (κ1) is 10.2. The molecule has 6 heteroatoms. The van der Waals surface area contributed by atoms with E-state index in [4.69, 9.17) is 11.6 Å². The van der Waals surface area contributed by atoms with Crippen molar-refractivity contribution in [1.82, 2.24) is 19.7 Å². The molecule has 0 N–H and O–H groups in total. The van der Waals surface area contributed by atoms with E-state index in [1.54, 1.807) is 29.2 Å². The zero-order valence-electron chi connectivity index (χ0n) is 6.38. The second kappa shape index (κ2) is 4.38. The second-order valence-electron chi connectivity index (χ2n) is 2.12. The van der Waals surface area contributed by atoms with Gasteiger partial charge in [-0.15, -0.1) is 16.4 Å². The number of imidazole rings is 1. The van der Waals surface area contributed by atoms with Gasteiger partial charge in [0, 0.05) is 17.4 Å². The summed E-state index contributed by atoms with van der Waals surface area (Å²) in [4.78, 5) is 3.76. The molecule has 0 aromatic carbocycles. The van der Waals surface area contributed by atoms with Crippen molar-refractivity contribution >= 4 is 11.6 Å². The van der Waals surface area contributed by atoms with Gasteiger partial charge < -0.3 is 9.55 Å². The number of halogens is 1. The molecule has 2 aromatic rings. The first-order valence-corrected chi connectivity index (χ1v) is 3.64. The molecule has 0 aliphatic rings. The Morgan fingerprint density at radius 1 is 1.31 bits per heavy atom. The van der Waals surface area contributed by atoms with E-state index in [1.165, 1.54) is 0 Å². The zero-order valence-corrected chi connectivity index (χ0v) is 8.42. The van der Waals surface area contributed by atoms with Crippen molar-refractivity contribution in [3.63, 3.8) is 0 Å². The molecule has 0 saturated carbocycles. The smallest absolute Gasteiger partial charge is 0.151 e. The van der Waals surface area contributed by atoms with Crippen LogP contribution >= 0.6 is 11.6 Å². The van der Waals surface area contributed by atoms with E-state index in [9.17, 15) is 0 Å². The monoisotopic (exact) mass is 231 g/mol. The Balaban J connectivity index is 0.000000845. The molecule has 0 atom stereocenters. The fourth-order valence-corrected chi connectivity index (χ4v) is 0.897. The normalized spacial score (nSPS) is 9.31. The number of hydrogen-bond donors (Lipinski definition) is 0. The van der Waals surface area contributed by atoms with Crippen LogP contribution in [0.15, 0.2) is 24.7 Å². The molecule has 0 aliphatic carbocycles. The molecule has 0 spiro atoms.